The van der Waals surface area contributed by atoms with Gasteiger partial charge in [0.15, 0.2) is 0 Å². The van der Waals surface area contributed by atoms with E-state index in [2.05, 4.69) is 95.7 Å². The number of pyridine rings is 1. The Hall–Kier alpha value is -4.60. The first-order chi connectivity index (χ1) is 21.8. The molecule has 2 fully saturated rings. The average Bonchev–Trinajstić information content (AvgIpc) is 3.06. The number of hydrogen-bond donors (Lipinski definition) is 0. The van der Waals surface area contributed by atoms with Crippen LogP contribution in [0.2, 0.25) is 0 Å². The van der Waals surface area contributed by atoms with Crippen LogP contribution >= 0.6 is 0 Å². The topological polar surface area (TPSA) is 93.7 Å². The molecule has 232 valence electrons. The number of nitriles is 2. The number of anilines is 3. The highest BCUT2D eigenvalue weighted by molar-refractivity contribution is 5.97. The number of hydrogen-bond acceptors (Lipinski definition) is 8. The smallest absolute Gasteiger partial charge is 0.246 e. The lowest BCUT2D eigenvalue weighted by atomic mass is 9.95. The van der Waals surface area contributed by atoms with E-state index < -0.39 is 0 Å². The van der Waals surface area contributed by atoms with E-state index in [1.54, 1.807) is 4.90 Å². The number of piperidine rings is 1. The molecule has 9 heteroatoms. The maximum absolute atomic E-state index is 12.7. The molecule has 6 rings (SSSR count). The molecule has 2 aromatic carbocycles. The Morgan fingerprint density at radius 2 is 1.80 bits per heavy atom. The van der Waals surface area contributed by atoms with Crippen molar-refractivity contribution >= 4 is 33.9 Å². The summed E-state index contributed by atoms with van der Waals surface area (Å²) in [6, 6.07) is 18.0. The lowest BCUT2D eigenvalue weighted by molar-refractivity contribution is -0.128. The Kier molecular flexibility index (Phi) is 8.65. The summed E-state index contributed by atoms with van der Waals surface area (Å²) in [7, 11) is 4.27. The third-order valence-electron chi connectivity index (χ3n) is 9.93. The summed E-state index contributed by atoms with van der Waals surface area (Å²) in [5.41, 5.74) is 6.14. The maximum Gasteiger partial charge on any atom is 0.246 e. The molecular weight excluding hydrogens is 560 g/mol. The molecule has 1 aromatic heterocycles. The highest BCUT2D eigenvalue weighted by Gasteiger charge is 2.36. The maximum atomic E-state index is 12.7. The number of benzene rings is 2. The third-order valence-corrected chi connectivity index (χ3v) is 9.93. The molecule has 9 nitrogen and oxygen atoms in total. The highest BCUT2D eigenvalue weighted by atomic mass is 16.2. The summed E-state index contributed by atoms with van der Waals surface area (Å²) in [5.74, 6) is 0.610. The van der Waals surface area contributed by atoms with Gasteiger partial charge in [0.1, 0.15) is 17.5 Å². The molecule has 3 aromatic rings. The minimum atomic E-state index is -0.275. The Morgan fingerprint density at radius 3 is 2.49 bits per heavy atom. The fourth-order valence-electron chi connectivity index (χ4n) is 7.54. The van der Waals surface area contributed by atoms with Gasteiger partial charge in [0.2, 0.25) is 5.91 Å². The molecule has 0 bridgehead atoms. The van der Waals surface area contributed by atoms with Crippen molar-refractivity contribution in [2.24, 2.45) is 0 Å². The molecule has 3 aliphatic rings. The van der Waals surface area contributed by atoms with Crippen LogP contribution in [0.1, 0.15) is 41.6 Å². The van der Waals surface area contributed by atoms with E-state index in [0.717, 1.165) is 61.7 Å². The van der Waals surface area contributed by atoms with E-state index in [-0.39, 0.29) is 18.4 Å². The lowest BCUT2D eigenvalue weighted by Gasteiger charge is -2.44. The predicted octanol–water partition coefficient (Wildman–Crippen LogP) is 4.62. The van der Waals surface area contributed by atoms with Gasteiger partial charge in [-0.1, -0.05) is 36.9 Å². The molecule has 1 unspecified atom stereocenters. The van der Waals surface area contributed by atoms with Gasteiger partial charge in [-0.05, 0) is 63.4 Å². The van der Waals surface area contributed by atoms with Crippen molar-refractivity contribution < 1.29 is 4.79 Å². The van der Waals surface area contributed by atoms with Crippen LogP contribution in [0.5, 0.6) is 0 Å². The molecule has 45 heavy (non-hydrogen) atoms. The van der Waals surface area contributed by atoms with Gasteiger partial charge in [-0.2, -0.15) is 10.5 Å². The summed E-state index contributed by atoms with van der Waals surface area (Å²) in [5, 5.41) is 22.9. The van der Waals surface area contributed by atoms with Gasteiger partial charge in [0.25, 0.3) is 0 Å². The van der Waals surface area contributed by atoms with Crippen molar-refractivity contribution in [1.82, 2.24) is 14.8 Å². The monoisotopic (exact) mass is 602 g/mol. The Morgan fingerprint density at radius 1 is 1.04 bits per heavy atom. The van der Waals surface area contributed by atoms with Gasteiger partial charge in [0.05, 0.1) is 36.5 Å². The molecular formula is C36H42N8O. The lowest BCUT2D eigenvalue weighted by Crippen LogP contribution is -2.55. The summed E-state index contributed by atoms with van der Waals surface area (Å²) < 4.78 is 0. The number of carbonyl (C=O) groups is 1. The molecule has 0 N–H and O–H groups in total. The second-order valence-corrected chi connectivity index (χ2v) is 12.7. The van der Waals surface area contributed by atoms with Gasteiger partial charge in [-0.25, -0.2) is 4.98 Å². The van der Waals surface area contributed by atoms with Crippen LogP contribution in [0, 0.1) is 29.6 Å². The largest absolute Gasteiger partial charge is 0.366 e. The van der Waals surface area contributed by atoms with Gasteiger partial charge >= 0.3 is 0 Å². The number of aromatic nitrogens is 1. The van der Waals surface area contributed by atoms with E-state index in [0.29, 0.717) is 37.8 Å². The number of piperazine rings is 1. The van der Waals surface area contributed by atoms with Crippen LogP contribution in [0.15, 0.2) is 49.1 Å². The molecule has 0 radical (unpaired) electrons. The second-order valence-electron chi connectivity index (χ2n) is 12.7. The minimum absolute atomic E-state index is 0.155. The van der Waals surface area contributed by atoms with Crippen molar-refractivity contribution in [3.8, 4) is 12.1 Å². The van der Waals surface area contributed by atoms with E-state index in [4.69, 9.17) is 4.98 Å². The zero-order chi connectivity index (χ0) is 31.7. The van der Waals surface area contributed by atoms with Crippen molar-refractivity contribution in [3.05, 3.63) is 71.4 Å². The quantitative estimate of drug-likeness (QED) is 0.378. The first-order valence-corrected chi connectivity index (χ1v) is 16.0. The number of nitrogens with zero attached hydrogens (tertiary/aromatic N) is 8. The fraction of sp³-hybridized carbons (Fsp3) is 0.444. The molecule has 1 atom stereocenters. The number of amides is 1. The standard InChI is InChI=1S/C36H42N8O/c1-5-33(45)44-21-20-43(23-28(44)12-16-37)35-29-15-19-42(32-11-7-10-26-9-6-8-25(2)34(26)32)24-31(29)39-36(30(35)22-38)41-17-13-27(14-18-41)40(3)4/h5-11,27-28H,1,12-15,17-21,23-24H2,2-4H3. The van der Waals surface area contributed by atoms with Gasteiger partial charge in [-0.15, -0.1) is 0 Å². The van der Waals surface area contributed by atoms with Crippen LogP contribution in [0.3, 0.4) is 0 Å². The Labute approximate surface area is 266 Å². The minimum Gasteiger partial charge on any atom is -0.366 e. The van der Waals surface area contributed by atoms with Crippen molar-refractivity contribution in [2.75, 3.05) is 68.1 Å². The molecule has 0 aliphatic carbocycles. The predicted molar refractivity (Wildman–Crippen MR) is 179 cm³/mol. The van der Waals surface area contributed by atoms with Crippen LogP contribution in [-0.2, 0) is 17.8 Å². The van der Waals surface area contributed by atoms with E-state index in [1.165, 1.54) is 28.1 Å². The van der Waals surface area contributed by atoms with Crippen molar-refractivity contribution in [2.45, 2.75) is 51.2 Å². The van der Waals surface area contributed by atoms with Crippen LogP contribution in [0.25, 0.3) is 10.8 Å². The van der Waals surface area contributed by atoms with E-state index >= 15 is 0 Å². The molecule has 4 heterocycles. The third kappa shape index (κ3) is 5.69. The summed E-state index contributed by atoms with van der Waals surface area (Å²) in [4.78, 5) is 29.0. The fourth-order valence-corrected chi connectivity index (χ4v) is 7.54. The summed E-state index contributed by atoms with van der Waals surface area (Å²) in [6.07, 6.45) is 4.34. The van der Waals surface area contributed by atoms with Crippen LogP contribution in [0.4, 0.5) is 17.2 Å². The van der Waals surface area contributed by atoms with Crippen LogP contribution in [-0.4, -0.2) is 86.1 Å². The number of carbonyl (C=O) groups excluding carboxylic acids is 1. The molecule has 1 amide bonds. The number of fused-ring (bicyclic) bond motifs is 2. The van der Waals surface area contributed by atoms with Crippen molar-refractivity contribution in [1.29, 1.82) is 10.5 Å². The summed E-state index contributed by atoms with van der Waals surface area (Å²) >= 11 is 0. The Bertz CT molecular complexity index is 1690. The van der Waals surface area contributed by atoms with Crippen molar-refractivity contribution in [3.63, 3.8) is 0 Å². The molecule has 0 spiro atoms. The Balaban J connectivity index is 1.43. The number of aryl methyl sites for hydroxylation is 1. The van der Waals surface area contributed by atoms with Gasteiger partial charge in [0, 0.05) is 61.9 Å². The average molecular weight is 603 g/mol. The first kappa shape index (κ1) is 30.4. The molecule has 2 saturated heterocycles. The molecule has 0 saturated carbocycles. The van der Waals surface area contributed by atoms with E-state index in [1.807, 2.05) is 0 Å². The first-order valence-electron chi connectivity index (χ1n) is 16.0. The SMILES string of the molecule is C=CC(=O)N1CCN(c2c(C#N)c(N3CCC(N(C)C)CC3)nc3c2CCN(c2cccc4cccc(C)c24)C3)CC1CC#N. The normalized spacial score (nSPS) is 18.9. The van der Waals surface area contributed by atoms with E-state index in [9.17, 15) is 15.3 Å². The van der Waals surface area contributed by atoms with Crippen LogP contribution < -0.4 is 14.7 Å². The zero-order valence-electron chi connectivity index (χ0n) is 26.7. The molecule has 3 aliphatic heterocycles. The zero-order valence-corrected chi connectivity index (χ0v) is 26.7. The number of rotatable bonds is 6. The van der Waals surface area contributed by atoms with Gasteiger partial charge < -0.3 is 24.5 Å². The van der Waals surface area contributed by atoms with Gasteiger partial charge in [-0.3, -0.25) is 4.79 Å². The highest BCUT2D eigenvalue weighted by Crippen LogP contribution is 2.40. The second kappa shape index (κ2) is 12.8. The summed E-state index contributed by atoms with van der Waals surface area (Å²) in [6.45, 7) is 10.5.